The van der Waals surface area contributed by atoms with E-state index in [-0.39, 0.29) is 18.3 Å². The molecule has 0 unspecified atom stereocenters. The summed E-state index contributed by atoms with van der Waals surface area (Å²) < 4.78 is 15.7. The number of aromatic nitrogens is 4. The lowest BCUT2D eigenvalue weighted by Gasteiger charge is -2.05. The third kappa shape index (κ3) is 3.91. The maximum atomic E-state index is 13.3. The molecule has 4 aromatic rings. The van der Waals surface area contributed by atoms with Gasteiger partial charge in [0.05, 0.1) is 0 Å². The molecule has 4 rings (SSSR count). The van der Waals surface area contributed by atoms with Crippen LogP contribution in [0.4, 0.5) is 4.39 Å². The van der Waals surface area contributed by atoms with Crippen LogP contribution < -0.4 is 11.0 Å². The molecule has 0 spiro atoms. The smallest absolute Gasteiger partial charge is 0.350 e. The van der Waals surface area contributed by atoms with Crippen LogP contribution in [0.2, 0.25) is 0 Å². The molecule has 2 heterocycles. The van der Waals surface area contributed by atoms with E-state index in [1.54, 1.807) is 25.1 Å². The highest BCUT2D eigenvalue weighted by atomic mass is 19.1. The van der Waals surface area contributed by atoms with Crippen molar-refractivity contribution < 1.29 is 9.18 Å². The molecule has 1 N–H and O–H groups in total. The standard InChI is InChI=1S/C21H18FN5O2/c1-14-11-18-25-26(13-19(28)23-12-15-5-3-2-4-6-15)21(29)27(18)20(24-14)16-7-9-17(22)10-8-16/h2-11H,12-13H2,1H3,(H,23,28). The number of rotatable bonds is 5. The molecule has 0 aliphatic carbocycles. The third-order valence-corrected chi connectivity index (χ3v) is 4.42. The maximum absolute atomic E-state index is 13.3. The van der Waals surface area contributed by atoms with Gasteiger partial charge in [0.25, 0.3) is 0 Å². The molecule has 1 amide bonds. The predicted octanol–water partition coefficient (Wildman–Crippen LogP) is 2.32. The number of halogens is 1. The number of carbonyl (C=O) groups excluding carboxylic acids is 1. The van der Waals surface area contributed by atoms with E-state index in [2.05, 4.69) is 15.4 Å². The Morgan fingerprint density at radius 1 is 1.10 bits per heavy atom. The fourth-order valence-electron chi connectivity index (χ4n) is 3.04. The van der Waals surface area contributed by atoms with Crippen LogP contribution in [-0.2, 0) is 17.9 Å². The first-order valence-corrected chi connectivity index (χ1v) is 9.05. The molecule has 0 saturated carbocycles. The van der Waals surface area contributed by atoms with Crippen molar-refractivity contribution in [3.05, 3.63) is 88.2 Å². The molecule has 0 atom stereocenters. The summed E-state index contributed by atoms with van der Waals surface area (Å²) in [6.07, 6.45) is 0. The van der Waals surface area contributed by atoms with Gasteiger partial charge >= 0.3 is 5.69 Å². The predicted molar refractivity (Wildman–Crippen MR) is 106 cm³/mol. The molecule has 0 fully saturated rings. The number of nitrogens with zero attached hydrogens (tertiary/aromatic N) is 4. The Balaban J connectivity index is 1.63. The van der Waals surface area contributed by atoms with E-state index in [9.17, 15) is 14.0 Å². The van der Waals surface area contributed by atoms with Crippen molar-refractivity contribution in [1.29, 1.82) is 0 Å². The summed E-state index contributed by atoms with van der Waals surface area (Å²) in [5, 5.41) is 7.04. The van der Waals surface area contributed by atoms with E-state index < -0.39 is 5.69 Å². The second kappa shape index (κ2) is 7.67. The average Bonchev–Trinajstić information content (AvgIpc) is 3.02. The molecule has 2 aromatic heterocycles. The molecule has 0 aliphatic heterocycles. The number of carbonyl (C=O) groups is 1. The van der Waals surface area contributed by atoms with Crippen LogP contribution in [0, 0.1) is 12.7 Å². The van der Waals surface area contributed by atoms with Crippen LogP contribution in [0.25, 0.3) is 17.0 Å². The first-order valence-electron chi connectivity index (χ1n) is 9.05. The van der Waals surface area contributed by atoms with Crippen LogP contribution in [-0.4, -0.2) is 25.1 Å². The summed E-state index contributed by atoms with van der Waals surface area (Å²) in [6, 6.07) is 16.8. The van der Waals surface area contributed by atoms with Crippen molar-refractivity contribution in [2.75, 3.05) is 0 Å². The van der Waals surface area contributed by atoms with E-state index in [0.717, 1.165) is 10.2 Å². The summed E-state index contributed by atoms with van der Waals surface area (Å²) in [7, 11) is 0. The molecule has 7 nitrogen and oxygen atoms in total. The molecule has 2 aromatic carbocycles. The van der Waals surface area contributed by atoms with Crippen molar-refractivity contribution in [2.45, 2.75) is 20.0 Å². The highest BCUT2D eigenvalue weighted by Crippen LogP contribution is 2.18. The van der Waals surface area contributed by atoms with Crippen molar-refractivity contribution in [3.63, 3.8) is 0 Å². The van der Waals surface area contributed by atoms with Gasteiger partial charge < -0.3 is 5.32 Å². The Morgan fingerprint density at radius 2 is 1.83 bits per heavy atom. The number of aryl methyl sites for hydroxylation is 1. The van der Waals surface area contributed by atoms with Crippen LogP contribution in [0.3, 0.4) is 0 Å². The average molecular weight is 391 g/mol. The maximum Gasteiger partial charge on any atom is 0.352 e. The van der Waals surface area contributed by atoms with Gasteiger partial charge in [-0.05, 0) is 36.8 Å². The molecule has 146 valence electrons. The van der Waals surface area contributed by atoms with Gasteiger partial charge in [-0.1, -0.05) is 30.3 Å². The van der Waals surface area contributed by atoms with Crippen molar-refractivity contribution in [3.8, 4) is 11.4 Å². The van der Waals surface area contributed by atoms with Crippen LogP contribution in [0.15, 0.2) is 65.5 Å². The zero-order valence-corrected chi connectivity index (χ0v) is 15.7. The summed E-state index contributed by atoms with van der Waals surface area (Å²) >= 11 is 0. The lowest BCUT2D eigenvalue weighted by atomic mass is 10.2. The zero-order valence-electron chi connectivity index (χ0n) is 15.7. The van der Waals surface area contributed by atoms with Crippen LogP contribution in [0.5, 0.6) is 0 Å². The molecule has 8 heteroatoms. The molecular weight excluding hydrogens is 373 g/mol. The van der Waals surface area contributed by atoms with Gasteiger partial charge in [0.1, 0.15) is 18.2 Å². The van der Waals surface area contributed by atoms with E-state index in [1.807, 2.05) is 30.3 Å². The van der Waals surface area contributed by atoms with Gasteiger partial charge in [-0.15, -0.1) is 5.10 Å². The van der Waals surface area contributed by atoms with Crippen LogP contribution in [0.1, 0.15) is 11.3 Å². The first-order chi connectivity index (χ1) is 14.0. The Kier molecular flexibility index (Phi) is 4.90. The number of hydrogen-bond donors (Lipinski definition) is 1. The summed E-state index contributed by atoms with van der Waals surface area (Å²) in [4.78, 5) is 29.6. The fraction of sp³-hybridized carbons (Fsp3) is 0.143. The molecule has 29 heavy (non-hydrogen) atoms. The number of nitrogens with one attached hydrogen (secondary N) is 1. The number of benzene rings is 2. The van der Waals surface area contributed by atoms with Gasteiger partial charge in [0.2, 0.25) is 5.91 Å². The number of hydrogen-bond acceptors (Lipinski definition) is 4. The van der Waals surface area contributed by atoms with Gasteiger partial charge in [0.15, 0.2) is 5.65 Å². The van der Waals surface area contributed by atoms with Gasteiger partial charge in [-0.25, -0.2) is 23.3 Å². The number of amides is 1. The minimum absolute atomic E-state index is 0.213. The summed E-state index contributed by atoms with van der Waals surface area (Å²) in [5.41, 5.74) is 2.08. The Labute approximate surface area is 165 Å². The third-order valence-electron chi connectivity index (χ3n) is 4.42. The molecular formula is C21H18FN5O2. The molecule has 0 aliphatic rings. The van der Waals surface area contributed by atoms with Gasteiger partial charge in [-0.2, -0.15) is 0 Å². The van der Waals surface area contributed by atoms with Gasteiger partial charge in [-0.3, -0.25) is 4.79 Å². The van der Waals surface area contributed by atoms with Crippen molar-refractivity contribution in [1.82, 2.24) is 24.5 Å². The molecule has 0 radical (unpaired) electrons. The Morgan fingerprint density at radius 3 is 2.55 bits per heavy atom. The lowest BCUT2D eigenvalue weighted by molar-refractivity contribution is -0.122. The van der Waals surface area contributed by atoms with Crippen LogP contribution >= 0.6 is 0 Å². The topological polar surface area (TPSA) is 81.3 Å². The van der Waals surface area contributed by atoms with E-state index >= 15 is 0 Å². The van der Waals surface area contributed by atoms with E-state index in [4.69, 9.17) is 0 Å². The molecule has 0 saturated heterocycles. The minimum atomic E-state index is -0.485. The monoisotopic (exact) mass is 391 g/mol. The second-order valence-electron chi connectivity index (χ2n) is 6.62. The minimum Gasteiger partial charge on any atom is -0.350 e. The van der Waals surface area contributed by atoms with E-state index in [1.165, 1.54) is 16.5 Å². The van der Waals surface area contributed by atoms with Crippen molar-refractivity contribution >= 4 is 11.6 Å². The fourth-order valence-corrected chi connectivity index (χ4v) is 3.04. The van der Waals surface area contributed by atoms with E-state index in [0.29, 0.717) is 29.3 Å². The molecule has 0 bridgehead atoms. The highest BCUT2D eigenvalue weighted by molar-refractivity contribution is 5.75. The Hall–Kier alpha value is -3.81. The first kappa shape index (κ1) is 18.5. The lowest BCUT2D eigenvalue weighted by Crippen LogP contribution is -2.32. The van der Waals surface area contributed by atoms with Gasteiger partial charge in [0, 0.05) is 23.9 Å². The summed E-state index contributed by atoms with van der Waals surface area (Å²) in [6.45, 7) is 1.93. The largest absolute Gasteiger partial charge is 0.352 e. The second-order valence-corrected chi connectivity index (χ2v) is 6.62. The Bertz CT molecular complexity index is 1230. The normalized spacial score (nSPS) is 11.0. The quantitative estimate of drug-likeness (QED) is 0.566. The zero-order chi connectivity index (χ0) is 20.4. The highest BCUT2D eigenvalue weighted by Gasteiger charge is 2.16. The number of fused-ring (bicyclic) bond motifs is 1. The summed E-state index contributed by atoms with van der Waals surface area (Å²) in [5.74, 6) is -0.357. The van der Waals surface area contributed by atoms with Crippen molar-refractivity contribution in [2.24, 2.45) is 0 Å². The SMILES string of the molecule is Cc1cc2nn(CC(=O)NCc3ccccc3)c(=O)n2c(-c2ccc(F)cc2)n1.